The van der Waals surface area contributed by atoms with Gasteiger partial charge >= 0.3 is 0 Å². The predicted molar refractivity (Wildman–Crippen MR) is 101 cm³/mol. The van der Waals surface area contributed by atoms with E-state index in [1.807, 2.05) is 0 Å². The number of benzene rings is 1. The molecule has 0 radical (unpaired) electrons. The van der Waals surface area contributed by atoms with E-state index in [9.17, 15) is 13.2 Å². The molecule has 1 aromatic carbocycles. The number of carbonyl (C=O) groups is 1. The van der Waals surface area contributed by atoms with Crippen LogP contribution in [0.4, 0.5) is 0 Å². The van der Waals surface area contributed by atoms with Gasteiger partial charge in [0.25, 0.3) is 6.26 Å². The topological polar surface area (TPSA) is 122 Å². The van der Waals surface area contributed by atoms with Crippen LogP contribution in [-0.4, -0.2) is 27.0 Å². The summed E-state index contributed by atoms with van der Waals surface area (Å²) in [6, 6.07) is 5.96. The van der Waals surface area contributed by atoms with Gasteiger partial charge in [-0.2, -0.15) is 5.26 Å². The molecule has 1 aliphatic rings. The standard InChI is InChI=1S/C19H27N3O4S/c1-18(2)9-15(26-13-20)10-19(3,11-18)12-22-17(23)8-14-4-6-16(7-5-14)27(21,24)25/h4-7,15H,8-12H2,1-3H3,(H,22,23)(H2,21,24,25). The second kappa shape index (κ2) is 7.87. The SMILES string of the molecule is CC1(C)CC(OC#N)CC(C)(CNC(=O)Cc2ccc(S(N)(=O)=O)cc2)C1. The molecule has 0 heterocycles. The molecule has 2 unspecified atom stereocenters. The van der Waals surface area contributed by atoms with Gasteiger partial charge in [-0.25, -0.2) is 13.6 Å². The maximum atomic E-state index is 12.3. The first-order valence-electron chi connectivity index (χ1n) is 8.86. The van der Waals surface area contributed by atoms with E-state index >= 15 is 0 Å². The maximum absolute atomic E-state index is 12.3. The second-order valence-corrected chi connectivity index (χ2v) is 10.1. The largest absolute Gasteiger partial charge is 0.424 e. The maximum Gasteiger partial charge on any atom is 0.286 e. The number of ether oxygens (including phenoxy) is 1. The van der Waals surface area contributed by atoms with Crippen LogP contribution in [0.15, 0.2) is 29.2 Å². The van der Waals surface area contributed by atoms with Crippen LogP contribution < -0.4 is 10.5 Å². The van der Waals surface area contributed by atoms with Crippen LogP contribution >= 0.6 is 0 Å². The Kier molecular flexibility index (Phi) is 6.17. The molecule has 0 spiro atoms. The lowest BCUT2D eigenvalue weighted by Gasteiger charge is -2.45. The number of primary sulfonamides is 1. The molecule has 3 N–H and O–H groups in total. The van der Waals surface area contributed by atoms with E-state index in [4.69, 9.17) is 15.1 Å². The van der Waals surface area contributed by atoms with E-state index in [0.29, 0.717) is 18.5 Å². The summed E-state index contributed by atoms with van der Waals surface area (Å²) in [5.41, 5.74) is 0.582. The monoisotopic (exact) mass is 393 g/mol. The van der Waals surface area contributed by atoms with Gasteiger partial charge in [-0.3, -0.25) is 4.79 Å². The molecule has 2 atom stereocenters. The zero-order valence-electron chi connectivity index (χ0n) is 16.0. The number of carbonyl (C=O) groups excluding carboxylic acids is 1. The molecule has 0 bridgehead atoms. The van der Waals surface area contributed by atoms with Gasteiger partial charge in [-0.15, -0.1) is 0 Å². The molecular weight excluding hydrogens is 366 g/mol. The summed E-state index contributed by atoms with van der Waals surface area (Å²) >= 11 is 0. The number of nitrogens with zero attached hydrogens (tertiary/aromatic N) is 1. The number of nitrogens with one attached hydrogen (secondary N) is 1. The molecule has 1 aromatic rings. The first-order valence-corrected chi connectivity index (χ1v) is 10.4. The number of hydrogen-bond acceptors (Lipinski definition) is 5. The summed E-state index contributed by atoms with van der Waals surface area (Å²) in [4.78, 5) is 12.3. The summed E-state index contributed by atoms with van der Waals surface area (Å²) in [6.07, 6.45) is 4.27. The fourth-order valence-corrected chi connectivity index (χ4v) is 4.70. The highest BCUT2D eigenvalue weighted by atomic mass is 32.2. The number of rotatable bonds is 6. The number of sulfonamides is 1. The molecule has 0 aliphatic heterocycles. The van der Waals surface area contributed by atoms with Crippen molar-refractivity contribution in [1.29, 1.82) is 5.26 Å². The Morgan fingerprint density at radius 2 is 1.93 bits per heavy atom. The normalized spacial score (nSPS) is 24.6. The van der Waals surface area contributed by atoms with E-state index in [1.54, 1.807) is 18.4 Å². The van der Waals surface area contributed by atoms with Crippen LogP contribution in [0.1, 0.15) is 45.6 Å². The van der Waals surface area contributed by atoms with Crippen molar-refractivity contribution in [3.8, 4) is 6.26 Å². The van der Waals surface area contributed by atoms with Crippen molar-refractivity contribution in [2.75, 3.05) is 6.54 Å². The summed E-state index contributed by atoms with van der Waals surface area (Å²) in [5, 5.41) is 16.9. The van der Waals surface area contributed by atoms with Crippen molar-refractivity contribution in [3.05, 3.63) is 29.8 Å². The van der Waals surface area contributed by atoms with Gasteiger partial charge in [0.1, 0.15) is 6.10 Å². The highest BCUT2D eigenvalue weighted by molar-refractivity contribution is 7.89. The van der Waals surface area contributed by atoms with E-state index < -0.39 is 10.0 Å². The minimum atomic E-state index is -3.74. The highest BCUT2D eigenvalue weighted by Gasteiger charge is 2.42. The third-order valence-electron chi connectivity index (χ3n) is 4.95. The first kappa shape index (κ1) is 21.2. The van der Waals surface area contributed by atoms with Crippen molar-refractivity contribution in [3.63, 3.8) is 0 Å². The van der Waals surface area contributed by atoms with Gasteiger partial charge in [0.15, 0.2) is 0 Å². The van der Waals surface area contributed by atoms with Gasteiger partial charge in [0.05, 0.1) is 11.3 Å². The molecule has 7 nitrogen and oxygen atoms in total. The number of amides is 1. The average Bonchev–Trinajstić information content (AvgIpc) is 2.51. The number of hydrogen-bond donors (Lipinski definition) is 2. The minimum Gasteiger partial charge on any atom is -0.424 e. The average molecular weight is 394 g/mol. The lowest BCUT2D eigenvalue weighted by atomic mass is 9.63. The molecule has 1 saturated carbocycles. The Hall–Kier alpha value is -2.11. The van der Waals surface area contributed by atoms with E-state index in [0.717, 1.165) is 12.8 Å². The molecule has 1 fully saturated rings. The fraction of sp³-hybridized carbons (Fsp3) is 0.579. The van der Waals surface area contributed by atoms with Crippen LogP contribution in [0.2, 0.25) is 0 Å². The van der Waals surface area contributed by atoms with Gasteiger partial charge in [-0.1, -0.05) is 32.9 Å². The van der Waals surface area contributed by atoms with Crippen LogP contribution in [0.3, 0.4) is 0 Å². The third-order valence-corrected chi connectivity index (χ3v) is 5.88. The molecule has 0 aromatic heterocycles. The van der Waals surface area contributed by atoms with E-state index in [-0.39, 0.29) is 34.2 Å². The van der Waals surface area contributed by atoms with Gasteiger partial charge < -0.3 is 10.1 Å². The predicted octanol–water partition coefficient (Wildman–Crippen LogP) is 2.08. The van der Waals surface area contributed by atoms with Crippen molar-refractivity contribution >= 4 is 15.9 Å². The van der Waals surface area contributed by atoms with Crippen LogP contribution in [0.25, 0.3) is 0 Å². The van der Waals surface area contributed by atoms with Crippen LogP contribution in [0.5, 0.6) is 0 Å². The lowest BCUT2D eigenvalue weighted by Crippen LogP contribution is -2.45. The zero-order chi connectivity index (χ0) is 20.3. The van der Waals surface area contributed by atoms with E-state index in [2.05, 4.69) is 26.1 Å². The quantitative estimate of drug-likeness (QED) is 0.716. The molecule has 8 heteroatoms. The Balaban J connectivity index is 1.95. The summed E-state index contributed by atoms with van der Waals surface area (Å²) in [7, 11) is -3.74. The van der Waals surface area contributed by atoms with Gasteiger partial charge in [-0.05, 0) is 47.8 Å². The Labute approximate surface area is 160 Å². The number of nitriles is 1. The summed E-state index contributed by atoms with van der Waals surface area (Å²) in [6.45, 7) is 6.89. The van der Waals surface area contributed by atoms with Crippen molar-refractivity contribution in [2.45, 2.75) is 57.5 Å². The molecule has 27 heavy (non-hydrogen) atoms. The molecule has 2 rings (SSSR count). The molecule has 1 aliphatic carbocycles. The molecule has 0 saturated heterocycles. The van der Waals surface area contributed by atoms with E-state index in [1.165, 1.54) is 12.1 Å². The van der Waals surface area contributed by atoms with Crippen LogP contribution in [0, 0.1) is 22.3 Å². The number of nitrogens with two attached hydrogens (primary N) is 1. The Morgan fingerprint density at radius 3 is 2.48 bits per heavy atom. The van der Waals surface area contributed by atoms with Gasteiger partial charge in [0.2, 0.25) is 15.9 Å². The summed E-state index contributed by atoms with van der Waals surface area (Å²) in [5.74, 6) is -0.138. The van der Waals surface area contributed by atoms with Crippen molar-refractivity contribution in [2.24, 2.45) is 16.0 Å². The van der Waals surface area contributed by atoms with Crippen LogP contribution in [-0.2, 0) is 26.0 Å². The minimum absolute atomic E-state index is 0.0205. The Bertz CT molecular complexity index is 828. The van der Waals surface area contributed by atoms with Crippen molar-refractivity contribution in [1.82, 2.24) is 5.32 Å². The highest BCUT2D eigenvalue weighted by Crippen LogP contribution is 2.46. The molecular formula is C19H27N3O4S. The first-order chi connectivity index (χ1) is 12.4. The lowest BCUT2D eigenvalue weighted by molar-refractivity contribution is -0.121. The summed E-state index contributed by atoms with van der Waals surface area (Å²) < 4.78 is 27.7. The molecule has 1 amide bonds. The zero-order valence-corrected chi connectivity index (χ0v) is 16.8. The molecule has 148 valence electrons. The third kappa shape index (κ3) is 6.22. The Morgan fingerprint density at radius 1 is 1.30 bits per heavy atom. The van der Waals surface area contributed by atoms with Gasteiger partial charge in [0, 0.05) is 6.54 Å². The van der Waals surface area contributed by atoms with Crippen molar-refractivity contribution < 1.29 is 17.9 Å². The smallest absolute Gasteiger partial charge is 0.286 e. The second-order valence-electron chi connectivity index (χ2n) is 8.53. The fourth-order valence-electron chi connectivity index (χ4n) is 4.19.